The molecule has 34 heavy (non-hydrogen) atoms. The topological polar surface area (TPSA) is 87.9 Å². The van der Waals surface area contributed by atoms with E-state index in [-0.39, 0.29) is 5.92 Å². The fourth-order valence-corrected chi connectivity index (χ4v) is 4.26. The van der Waals surface area contributed by atoms with E-state index >= 15 is 0 Å². The van der Waals surface area contributed by atoms with Crippen molar-refractivity contribution in [3.05, 3.63) is 82.9 Å². The van der Waals surface area contributed by atoms with Gasteiger partial charge in [-0.25, -0.2) is 9.97 Å². The molecule has 176 valence electrons. The van der Waals surface area contributed by atoms with Gasteiger partial charge in [-0.05, 0) is 59.7 Å². The minimum Gasteiger partial charge on any atom is -0.481 e. The number of oxime groups is 1. The Kier molecular flexibility index (Phi) is 7.33. The molecule has 4 rings (SSSR count). The second-order valence-corrected chi connectivity index (χ2v) is 8.79. The van der Waals surface area contributed by atoms with Crippen molar-refractivity contribution >= 4 is 11.7 Å². The Morgan fingerprint density at radius 1 is 1.15 bits per heavy atom. The summed E-state index contributed by atoms with van der Waals surface area (Å²) in [7, 11) is 0. The number of hydrogen-bond acceptors (Lipinski definition) is 6. The van der Waals surface area contributed by atoms with E-state index in [9.17, 15) is 4.79 Å². The summed E-state index contributed by atoms with van der Waals surface area (Å²) in [6.07, 6.45) is 6.06. The van der Waals surface area contributed by atoms with E-state index < -0.39 is 5.97 Å². The highest BCUT2D eigenvalue weighted by Gasteiger charge is 2.32. The smallest absolute Gasteiger partial charge is 0.309 e. The summed E-state index contributed by atoms with van der Waals surface area (Å²) >= 11 is 0. The fraction of sp³-hybridized carbons (Fsp3) is 0.333. The van der Waals surface area contributed by atoms with Crippen LogP contribution in [0.25, 0.3) is 11.1 Å². The summed E-state index contributed by atoms with van der Waals surface area (Å²) in [6, 6.07) is 12.5. The lowest BCUT2D eigenvalue weighted by Gasteiger charge is -2.37. The molecule has 0 amide bonds. The zero-order valence-electron chi connectivity index (χ0n) is 19.9. The lowest BCUT2D eigenvalue weighted by atomic mass is 9.96. The van der Waals surface area contributed by atoms with E-state index in [0.717, 1.165) is 46.5 Å². The number of benzene rings is 2. The van der Waals surface area contributed by atoms with Gasteiger partial charge in [-0.15, -0.1) is 0 Å². The van der Waals surface area contributed by atoms with Gasteiger partial charge in [-0.3, -0.25) is 9.69 Å². The molecule has 3 aromatic rings. The van der Waals surface area contributed by atoms with Crippen molar-refractivity contribution in [1.29, 1.82) is 0 Å². The second kappa shape index (κ2) is 10.6. The van der Waals surface area contributed by atoms with Gasteiger partial charge in [0.05, 0.1) is 11.6 Å². The molecule has 0 aliphatic carbocycles. The van der Waals surface area contributed by atoms with Crippen molar-refractivity contribution < 1.29 is 14.7 Å². The number of aliphatic carboxylic acids is 1. The van der Waals surface area contributed by atoms with E-state index in [1.807, 2.05) is 25.4 Å². The number of aryl methyl sites for hydroxylation is 2. The van der Waals surface area contributed by atoms with Crippen LogP contribution in [0.15, 0.2) is 60.3 Å². The zero-order valence-corrected chi connectivity index (χ0v) is 19.9. The maximum absolute atomic E-state index is 11.0. The fourth-order valence-electron chi connectivity index (χ4n) is 4.26. The number of aromatic nitrogens is 2. The van der Waals surface area contributed by atoms with Gasteiger partial charge in [0, 0.05) is 37.6 Å². The quantitative estimate of drug-likeness (QED) is 0.376. The number of likely N-dealkylation sites (tertiary alicyclic amines) is 1. The van der Waals surface area contributed by atoms with Gasteiger partial charge >= 0.3 is 5.97 Å². The predicted octanol–water partition coefficient (Wildman–Crippen LogP) is 4.47. The number of carbonyl (C=O) groups is 1. The minimum absolute atomic E-state index is 0.233. The molecule has 2 aromatic carbocycles. The SMILES string of the molecule is CCc1cc(C(C)=NOCc2ccc(-c3cncnc3)c(C)c2)ccc1CN1CC(C(=O)O)C1. The monoisotopic (exact) mass is 458 g/mol. The van der Waals surface area contributed by atoms with Crippen LogP contribution in [0.2, 0.25) is 0 Å². The van der Waals surface area contributed by atoms with Gasteiger partial charge in [-0.1, -0.05) is 42.4 Å². The first kappa shape index (κ1) is 23.6. The van der Waals surface area contributed by atoms with Crippen LogP contribution in [-0.4, -0.2) is 44.7 Å². The first-order valence-corrected chi connectivity index (χ1v) is 11.5. The molecular weight excluding hydrogens is 428 g/mol. The lowest BCUT2D eigenvalue weighted by molar-refractivity contribution is -0.147. The molecule has 1 saturated heterocycles. The maximum Gasteiger partial charge on any atom is 0.309 e. The molecule has 0 spiro atoms. The molecule has 7 nitrogen and oxygen atoms in total. The molecule has 1 aliphatic rings. The molecule has 0 radical (unpaired) electrons. The van der Waals surface area contributed by atoms with Crippen molar-refractivity contribution in [2.45, 2.75) is 40.3 Å². The Morgan fingerprint density at radius 3 is 2.59 bits per heavy atom. The summed E-state index contributed by atoms with van der Waals surface area (Å²) < 4.78 is 0. The van der Waals surface area contributed by atoms with Crippen molar-refractivity contribution in [2.24, 2.45) is 11.1 Å². The van der Waals surface area contributed by atoms with E-state index in [2.05, 4.69) is 64.2 Å². The number of carboxylic acids is 1. The molecule has 0 atom stereocenters. The van der Waals surface area contributed by atoms with Crippen LogP contribution in [-0.2, 0) is 29.2 Å². The molecule has 0 saturated carbocycles. The first-order chi connectivity index (χ1) is 16.4. The molecule has 1 N–H and O–H groups in total. The number of carboxylic acid groups (broad SMARTS) is 1. The standard InChI is InChI=1S/C27H30N4O3/c1-4-21-10-22(6-7-23(21)13-31-14-25(15-31)27(32)33)19(3)30-34-16-20-5-8-26(18(2)9-20)24-11-28-17-29-12-24/h5-12,17,25H,4,13-16H2,1-3H3,(H,32,33). The van der Waals surface area contributed by atoms with Gasteiger partial charge in [0.2, 0.25) is 0 Å². The largest absolute Gasteiger partial charge is 0.481 e. The Labute approximate surface area is 200 Å². The van der Waals surface area contributed by atoms with Crippen LogP contribution in [0.1, 0.15) is 41.7 Å². The van der Waals surface area contributed by atoms with Gasteiger partial charge in [0.25, 0.3) is 0 Å². The molecule has 1 fully saturated rings. The molecular formula is C27H30N4O3. The lowest BCUT2D eigenvalue weighted by Crippen LogP contribution is -2.49. The average molecular weight is 459 g/mol. The van der Waals surface area contributed by atoms with Crippen molar-refractivity contribution in [1.82, 2.24) is 14.9 Å². The maximum atomic E-state index is 11.0. The summed E-state index contributed by atoms with van der Waals surface area (Å²) in [5, 5.41) is 13.4. The highest BCUT2D eigenvalue weighted by Crippen LogP contribution is 2.24. The van der Waals surface area contributed by atoms with Crippen LogP contribution < -0.4 is 0 Å². The average Bonchev–Trinajstić information content (AvgIpc) is 2.81. The van der Waals surface area contributed by atoms with Gasteiger partial charge in [0.15, 0.2) is 0 Å². The first-order valence-electron chi connectivity index (χ1n) is 11.5. The highest BCUT2D eigenvalue weighted by molar-refractivity contribution is 5.98. The van der Waals surface area contributed by atoms with Gasteiger partial charge in [0.1, 0.15) is 12.9 Å². The highest BCUT2D eigenvalue weighted by atomic mass is 16.6. The predicted molar refractivity (Wildman–Crippen MR) is 131 cm³/mol. The minimum atomic E-state index is -0.703. The summed E-state index contributed by atoms with van der Waals surface area (Å²) in [5.74, 6) is -0.936. The van der Waals surface area contributed by atoms with E-state index in [4.69, 9.17) is 9.94 Å². The Bertz CT molecular complexity index is 1190. The van der Waals surface area contributed by atoms with E-state index in [0.29, 0.717) is 19.7 Å². The van der Waals surface area contributed by atoms with E-state index in [1.165, 1.54) is 17.5 Å². The van der Waals surface area contributed by atoms with Gasteiger partial charge < -0.3 is 9.94 Å². The zero-order chi connectivity index (χ0) is 24.1. The normalized spacial score (nSPS) is 14.6. The van der Waals surface area contributed by atoms with Crippen LogP contribution in [0.4, 0.5) is 0 Å². The summed E-state index contributed by atoms with van der Waals surface area (Å²) in [5.41, 5.74) is 8.63. The number of rotatable bonds is 9. The molecule has 0 unspecified atom stereocenters. The summed E-state index contributed by atoms with van der Waals surface area (Å²) in [6.45, 7) is 8.56. The third-order valence-corrected chi connectivity index (χ3v) is 6.30. The molecule has 2 heterocycles. The van der Waals surface area contributed by atoms with Crippen LogP contribution in [0, 0.1) is 12.8 Å². The van der Waals surface area contributed by atoms with Crippen LogP contribution >= 0.6 is 0 Å². The van der Waals surface area contributed by atoms with Crippen molar-refractivity contribution in [3.8, 4) is 11.1 Å². The third-order valence-electron chi connectivity index (χ3n) is 6.30. The number of hydrogen-bond donors (Lipinski definition) is 1. The van der Waals surface area contributed by atoms with Crippen LogP contribution in [0.5, 0.6) is 0 Å². The molecule has 7 heteroatoms. The second-order valence-electron chi connectivity index (χ2n) is 8.79. The molecule has 1 aliphatic heterocycles. The third kappa shape index (κ3) is 5.48. The molecule has 1 aromatic heterocycles. The van der Waals surface area contributed by atoms with Crippen LogP contribution in [0.3, 0.4) is 0 Å². The Morgan fingerprint density at radius 2 is 1.91 bits per heavy atom. The number of nitrogens with zero attached hydrogens (tertiary/aromatic N) is 4. The molecule has 0 bridgehead atoms. The summed E-state index contributed by atoms with van der Waals surface area (Å²) in [4.78, 5) is 27.1. The van der Waals surface area contributed by atoms with Crippen molar-refractivity contribution in [2.75, 3.05) is 13.1 Å². The van der Waals surface area contributed by atoms with Crippen molar-refractivity contribution in [3.63, 3.8) is 0 Å². The van der Waals surface area contributed by atoms with Gasteiger partial charge in [-0.2, -0.15) is 0 Å². The Balaban J connectivity index is 1.37. The Hall–Kier alpha value is -3.58. The van der Waals surface area contributed by atoms with E-state index in [1.54, 1.807) is 0 Å².